The number of benzene rings is 2. The van der Waals surface area contributed by atoms with Gasteiger partial charge in [0.2, 0.25) is 0 Å². The summed E-state index contributed by atoms with van der Waals surface area (Å²) in [5.74, 6) is 0.127. The van der Waals surface area contributed by atoms with Crippen LogP contribution in [0.4, 0.5) is 18.0 Å². The second-order valence-electron chi connectivity index (χ2n) is 9.18. The third-order valence-corrected chi connectivity index (χ3v) is 5.44. The largest absolute Gasteiger partial charge is 0.573 e. The molecule has 1 aliphatic heterocycles. The highest BCUT2D eigenvalue weighted by Gasteiger charge is 2.37. The van der Waals surface area contributed by atoms with Crippen molar-refractivity contribution in [1.82, 2.24) is 10.2 Å². The number of ether oxygens (including phenoxy) is 3. The van der Waals surface area contributed by atoms with Crippen molar-refractivity contribution in [3.63, 3.8) is 0 Å². The van der Waals surface area contributed by atoms with Gasteiger partial charge < -0.3 is 19.5 Å². The van der Waals surface area contributed by atoms with Crippen LogP contribution >= 0.6 is 0 Å². The molecule has 0 radical (unpaired) electrons. The zero-order valence-corrected chi connectivity index (χ0v) is 19.8. The predicted molar refractivity (Wildman–Crippen MR) is 122 cm³/mol. The van der Waals surface area contributed by atoms with Crippen molar-refractivity contribution in [1.29, 1.82) is 0 Å². The van der Waals surface area contributed by atoms with Crippen LogP contribution in [-0.2, 0) is 11.3 Å². The minimum Gasteiger partial charge on any atom is -0.496 e. The van der Waals surface area contributed by atoms with E-state index in [2.05, 4.69) is 10.1 Å². The normalized spacial score (nSPS) is 19.0. The number of rotatable bonds is 6. The SMILES string of the molecule is COc1ccc(OC(F)(F)F)cc1CN[C@H]1CCCN(C(=O)OC(C)(C)C)[C@H]1c1ccccc1. The first-order chi connectivity index (χ1) is 16.0. The van der Waals surface area contributed by atoms with Crippen molar-refractivity contribution >= 4 is 6.09 Å². The number of amides is 1. The molecule has 1 aliphatic rings. The molecule has 9 heteroatoms. The summed E-state index contributed by atoms with van der Waals surface area (Å²) in [4.78, 5) is 14.8. The summed E-state index contributed by atoms with van der Waals surface area (Å²) < 4.78 is 53.1. The van der Waals surface area contributed by atoms with E-state index in [0.29, 0.717) is 17.9 Å². The molecule has 0 saturated carbocycles. The average Bonchev–Trinajstić information content (AvgIpc) is 2.76. The molecule has 34 heavy (non-hydrogen) atoms. The predicted octanol–water partition coefficient (Wildman–Crippen LogP) is 5.82. The molecule has 1 saturated heterocycles. The van der Waals surface area contributed by atoms with E-state index in [-0.39, 0.29) is 24.4 Å². The molecule has 0 unspecified atom stereocenters. The molecule has 0 bridgehead atoms. The highest BCUT2D eigenvalue weighted by molar-refractivity contribution is 5.69. The Morgan fingerprint density at radius 1 is 1.12 bits per heavy atom. The van der Waals surface area contributed by atoms with Crippen LogP contribution in [0.25, 0.3) is 0 Å². The van der Waals surface area contributed by atoms with Gasteiger partial charge >= 0.3 is 12.5 Å². The van der Waals surface area contributed by atoms with Gasteiger partial charge in [0, 0.05) is 24.7 Å². The topological polar surface area (TPSA) is 60.0 Å². The monoisotopic (exact) mass is 480 g/mol. The zero-order valence-electron chi connectivity index (χ0n) is 19.8. The Hall–Kier alpha value is -2.94. The van der Waals surface area contributed by atoms with Crippen LogP contribution in [0.1, 0.15) is 50.8 Å². The van der Waals surface area contributed by atoms with Crippen LogP contribution in [0.2, 0.25) is 0 Å². The fourth-order valence-electron chi connectivity index (χ4n) is 4.13. The van der Waals surface area contributed by atoms with Crippen molar-refractivity contribution in [2.45, 2.75) is 64.2 Å². The van der Waals surface area contributed by atoms with E-state index >= 15 is 0 Å². The second-order valence-corrected chi connectivity index (χ2v) is 9.18. The lowest BCUT2D eigenvalue weighted by Crippen LogP contribution is -2.51. The van der Waals surface area contributed by atoms with Gasteiger partial charge in [-0.05, 0) is 57.4 Å². The Balaban J connectivity index is 1.85. The molecular weight excluding hydrogens is 449 g/mol. The highest BCUT2D eigenvalue weighted by Crippen LogP contribution is 2.34. The van der Waals surface area contributed by atoms with Crippen LogP contribution in [0.3, 0.4) is 0 Å². The quantitative estimate of drug-likeness (QED) is 0.564. The molecule has 1 amide bonds. The number of carbonyl (C=O) groups is 1. The number of carbonyl (C=O) groups excluding carboxylic acids is 1. The van der Waals surface area contributed by atoms with E-state index in [1.165, 1.54) is 25.3 Å². The Labute approximate surface area is 198 Å². The first-order valence-corrected chi connectivity index (χ1v) is 11.2. The van der Waals surface area contributed by atoms with E-state index in [4.69, 9.17) is 9.47 Å². The van der Waals surface area contributed by atoms with E-state index in [1.807, 2.05) is 51.1 Å². The molecule has 2 atom stereocenters. The number of piperidine rings is 1. The maximum Gasteiger partial charge on any atom is 0.573 e. The van der Waals surface area contributed by atoms with E-state index in [9.17, 15) is 18.0 Å². The van der Waals surface area contributed by atoms with Crippen molar-refractivity contribution in [3.05, 3.63) is 59.7 Å². The van der Waals surface area contributed by atoms with Crippen LogP contribution in [-0.4, -0.2) is 42.7 Å². The van der Waals surface area contributed by atoms with Crippen molar-refractivity contribution in [2.24, 2.45) is 0 Å². The molecule has 0 aliphatic carbocycles. The summed E-state index contributed by atoms with van der Waals surface area (Å²) in [6.07, 6.45) is -3.64. The summed E-state index contributed by atoms with van der Waals surface area (Å²) in [6.45, 7) is 6.25. The van der Waals surface area contributed by atoms with Gasteiger partial charge in [0.15, 0.2) is 0 Å². The molecule has 186 valence electrons. The minimum atomic E-state index is -4.78. The summed E-state index contributed by atoms with van der Waals surface area (Å²) in [6, 6.07) is 13.2. The van der Waals surface area contributed by atoms with Crippen LogP contribution in [0.5, 0.6) is 11.5 Å². The van der Waals surface area contributed by atoms with Gasteiger partial charge in [-0.1, -0.05) is 30.3 Å². The molecule has 3 rings (SSSR count). The van der Waals surface area contributed by atoms with Gasteiger partial charge in [-0.3, -0.25) is 4.90 Å². The van der Waals surface area contributed by atoms with Crippen LogP contribution in [0, 0.1) is 0 Å². The number of hydrogen-bond donors (Lipinski definition) is 1. The van der Waals surface area contributed by atoms with Crippen molar-refractivity contribution < 1.29 is 32.2 Å². The molecule has 6 nitrogen and oxygen atoms in total. The first-order valence-electron chi connectivity index (χ1n) is 11.2. The van der Waals surface area contributed by atoms with Gasteiger partial charge in [-0.15, -0.1) is 13.2 Å². The molecule has 2 aromatic carbocycles. The maximum absolute atomic E-state index is 13.0. The van der Waals surface area contributed by atoms with Crippen molar-refractivity contribution in [2.75, 3.05) is 13.7 Å². The maximum atomic E-state index is 13.0. The van der Waals surface area contributed by atoms with Gasteiger partial charge in [-0.2, -0.15) is 0 Å². The third-order valence-electron chi connectivity index (χ3n) is 5.44. The van der Waals surface area contributed by atoms with Gasteiger partial charge in [0.05, 0.1) is 13.2 Å². The fourth-order valence-corrected chi connectivity index (χ4v) is 4.13. The molecule has 1 N–H and O–H groups in total. The number of alkyl halides is 3. The first kappa shape index (κ1) is 25.7. The lowest BCUT2D eigenvalue weighted by Gasteiger charge is -2.42. The summed E-state index contributed by atoms with van der Waals surface area (Å²) in [7, 11) is 1.46. The Kier molecular flexibility index (Phi) is 7.97. The number of nitrogens with one attached hydrogen (secondary N) is 1. The summed E-state index contributed by atoms with van der Waals surface area (Å²) in [5, 5.41) is 3.43. The molecule has 0 aromatic heterocycles. The van der Waals surface area contributed by atoms with Crippen LogP contribution in [0.15, 0.2) is 48.5 Å². The molecule has 2 aromatic rings. The fraction of sp³-hybridized carbons (Fsp3) is 0.480. The van der Waals surface area contributed by atoms with Gasteiger partial charge in [0.1, 0.15) is 17.1 Å². The summed E-state index contributed by atoms with van der Waals surface area (Å²) >= 11 is 0. The molecule has 0 spiro atoms. The lowest BCUT2D eigenvalue weighted by molar-refractivity contribution is -0.274. The minimum absolute atomic E-state index is 0.152. The van der Waals surface area contributed by atoms with Crippen molar-refractivity contribution in [3.8, 4) is 11.5 Å². The zero-order chi connectivity index (χ0) is 24.9. The standard InChI is InChI=1S/C25H31F3N2O4/c1-24(2,3)34-23(31)30-14-8-11-20(22(30)17-9-6-5-7-10-17)29-16-18-15-19(33-25(26,27)28)12-13-21(18)32-4/h5-7,9-10,12-13,15,20,22,29H,8,11,14,16H2,1-4H3/t20-,22-/m0/s1. The van der Waals surface area contributed by atoms with E-state index in [1.54, 1.807) is 4.90 Å². The van der Waals surface area contributed by atoms with Crippen LogP contribution < -0.4 is 14.8 Å². The average molecular weight is 481 g/mol. The number of hydrogen-bond acceptors (Lipinski definition) is 5. The third kappa shape index (κ3) is 7.03. The van der Waals surface area contributed by atoms with E-state index < -0.39 is 18.1 Å². The van der Waals surface area contributed by atoms with E-state index in [0.717, 1.165) is 18.4 Å². The van der Waals surface area contributed by atoms with Gasteiger partial charge in [-0.25, -0.2) is 4.79 Å². The summed E-state index contributed by atoms with van der Waals surface area (Å²) in [5.41, 5.74) is 0.836. The number of methoxy groups -OCH3 is 1. The lowest BCUT2D eigenvalue weighted by atomic mass is 9.90. The number of halogens is 3. The smallest absolute Gasteiger partial charge is 0.496 e. The highest BCUT2D eigenvalue weighted by atomic mass is 19.4. The van der Waals surface area contributed by atoms with Gasteiger partial charge in [0.25, 0.3) is 0 Å². The Morgan fingerprint density at radius 3 is 2.44 bits per heavy atom. The second kappa shape index (κ2) is 10.5. The Morgan fingerprint density at radius 2 is 1.82 bits per heavy atom. The molecular formula is C25H31F3N2O4. The molecule has 1 fully saturated rings. The molecule has 1 heterocycles. The Bertz CT molecular complexity index is 961. The number of nitrogens with zero attached hydrogens (tertiary/aromatic N) is 1. The number of likely N-dealkylation sites (tertiary alicyclic amines) is 1.